The molecule has 1 atom stereocenters. The molecule has 0 unspecified atom stereocenters. The van der Waals surface area contributed by atoms with Crippen LogP contribution in [0.15, 0.2) is 91.0 Å². The number of hydrogen-bond donors (Lipinski definition) is 2. The van der Waals surface area contributed by atoms with Gasteiger partial charge in [-0.05, 0) is 85.5 Å². The molecule has 0 saturated heterocycles. The van der Waals surface area contributed by atoms with Crippen LogP contribution in [0, 0.1) is 18.6 Å². The lowest BCUT2D eigenvalue weighted by Crippen LogP contribution is -2.49. The third-order valence-electron chi connectivity index (χ3n) is 7.01. The summed E-state index contributed by atoms with van der Waals surface area (Å²) in [5, 5.41) is 2.85. The normalized spacial score (nSPS) is 13.2. The number of carbonyl (C=O) groups is 2. The van der Waals surface area contributed by atoms with Gasteiger partial charge >= 0.3 is 6.18 Å². The molecule has 5 nitrogen and oxygen atoms in total. The largest absolute Gasteiger partial charge is 0.475 e. The molecule has 43 heavy (non-hydrogen) atoms. The predicted octanol–water partition coefficient (Wildman–Crippen LogP) is 6.85. The number of halogens is 5. The molecule has 4 aromatic rings. The highest BCUT2D eigenvalue weighted by atomic mass is 19.4. The summed E-state index contributed by atoms with van der Waals surface area (Å²) in [6, 6.07) is 20.5. The van der Waals surface area contributed by atoms with Crippen molar-refractivity contribution in [2.75, 3.05) is 0 Å². The van der Waals surface area contributed by atoms with E-state index in [1.165, 1.54) is 44.2 Å². The SMILES string of the molecule is Cc1cc(F)cc([C@](Cc2ccccc2)(NC(=O)c2cccc(C(F)(F)F)c2)c2ccc(F)c(OC(C)(C)C(N)=O)c2)c1. The summed E-state index contributed by atoms with van der Waals surface area (Å²) in [7, 11) is 0. The number of nitrogens with two attached hydrogens (primary N) is 1. The van der Waals surface area contributed by atoms with Crippen molar-refractivity contribution in [1.82, 2.24) is 5.32 Å². The van der Waals surface area contributed by atoms with Crippen LogP contribution in [-0.4, -0.2) is 17.4 Å². The van der Waals surface area contributed by atoms with Gasteiger partial charge in [0.25, 0.3) is 11.8 Å². The average molecular weight is 597 g/mol. The molecule has 0 aliphatic rings. The van der Waals surface area contributed by atoms with Gasteiger partial charge in [0.2, 0.25) is 0 Å². The number of benzene rings is 4. The monoisotopic (exact) mass is 596 g/mol. The van der Waals surface area contributed by atoms with Gasteiger partial charge in [0.15, 0.2) is 17.2 Å². The number of amides is 2. The Kier molecular flexibility index (Phi) is 8.62. The van der Waals surface area contributed by atoms with Crippen molar-refractivity contribution in [1.29, 1.82) is 0 Å². The topological polar surface area (TPSA) is 81.4 Å². The molecule has 2 amide bonds. The second-order valence-electron chi connectivity index (χ2n) is 10.7. The Hall–Kier alpha value is -4.73. The smallest absolute Gasteiger partial charge is 0.416 e. The number of rotatable bonds is 9. The highest BCUT2D eigenvalue weighted by Crippen LogP contribution is 2.38. The van der Waals surface area contributed by atoms with Crippen molar-refractivity contribution in [2.45, 2.75) is 44.5 Å². The number of alkyl halides is 3. The Morgan fingerprint density at radius 2 is 1.51 bits per heavy atom. The first kappa shape index (κ1) is 31.2. The first-order valence-electron chi connectivity index (χ1n) is 13.2. The van der Waals surface area contributed by atoms with Crippen LogP contribution < -0.4 is 15.8 Å². The average Bonchev–Trinajstić information content (AvgIpc) is 2.93. The standard InChI is InChI=1S/C33H29F5N2O3/c1-20-14-25(17-26(34)15-20)32(19-21-8-5-4-6-9-21,40-29(41)22-10-7-11-24(16-22)33(36,37)38)23-12-13-27(35)28(18-23)43-31(2,3)30(39)42/h4-18H,19H2,1-3H3,(H2,39,42)(H,40,41)/t32-/m1/s1. The second kappa shape index (κ2) is 11.9. The van der Waals surface area contributed by atoms with Crippen LogP contribution >= 0.6 is 0 Å². The lowest BCUT2D eigenvalue weighted by Gasteiger charge is -2.37. The molecule has 224 valence electrons. The molecular formula is C33H29F5N2O3. The Morgan fingerprint density at radius 3 is 2.14 bits per heavy atom. The predicted molar refractivity (Wildman–Crippen MR) is 151 cm³/mol. The summed E-state index contributed by atoms with van der Waals surface area (Å²) in [5.74, 6) is -3.61. The maximum atomic E-state index is 15.1. The lowest BCUT2D eigenvalue weighted by atomic mass is 9.77. The van der Waals surface area contributed by atoms with Gasteiger partial charge in [0.05, 0.1) is 11.1 Å². The zero-order valence-corrected chi connectivity index (χ0v) is 23.6. The van der Waals surface area contributed by atoms with E-state index in [2.05, 4.69) is 5.32 Å². The number of carbonyl (C=O) groups excluding carboxylic acids is 2. The zero-order chi connectivity index (χ0) is 31.6. The fourth-order valence-electron chi connectivity index (χ4n) is 4.72. The minimum Gasteiger partial charge on any atom is -0.475 e. The van der Waals surface area contributed by atoms with Gasteiger partial charge in [-0.3, -0.25) is 9.59 Å². The zero-order valence-electron chi connectivity index (χ0n) is 23.6. The van der Waals surface area contributed by atoms with E-state index in [4.69, 9.17) is 10.5 Å². The van der Waals surface area contributed by atoms with Gasteiger partial charge in [0.1, 0.15) is 5.82 Å². The van der Waals surface area contributed by atoms with Crippen molar-refractivity contribution in [2.24, 2.45) is 5.73 Å². The molecule has 0 heterocycles. The van der Waals surface area contributed by atoms with Crippen molar-refractivity contribution in [3.8, 4) is 5.75 Å². The van der Waals surface area contributed by atoms with E-state index in [-0.39, 0.29) is 28.9 Å². The molecule has 0 aliphatic heterocycles. The molecule has 0 aromatic heterocycles. The van der Waals surface area contributed by atoms with Crippen molar-refractivity contribution < 1.29 is 36.3 Å². The number of ether oxygens (including phenoxy) is 1. The van der Waals surface area contributed by atoms with Crippen LogP contribution in [0.1, 0.15) is 52.0 Å². The van der Waals surface area contributed by atoms with Gasteiger partial charge < -0.3 is 15.8 Å². The molecule has 3 N–H and O–H groups in total. The highest BCUT2D eigenvalue weighted by molar-refractivity contribution is 5.95. The third-order valence-corrected chi connectivity index (χ3v) is 7.01. The summed E-state index contributed by atoms with van der Waals surface area (Å²) >= 11 is 0. The van der Waals surface area contributed by atoms with E-state index in [1.54, 1.807) is 43.3 Å². The van der Waals surface area contributed by atoms with Crippen LogP contribution in [0.2, 0.25) is 0 Å². The fraction of sp³-hybridized carbons (Fsp3) is 0.212. The van der Waals surface area contributed by atoms with Crippen LogP contribution in [0.3, 0.4) is 0 Å². The second-order valence-corrected chi connectivity index (χ2v) is 10.7. The molecule has 0 aliphatic carbocycles. The highest BCUT2D eigenvalue weighted by Gasteiger charge is 2.39. The summed E-state index contributed by atoms with van der Waals surface area (Å²) in [6.45, 7) is 4.34. The van der Waals surface area contributed by atoms with E-state index >= 15 is 4.39 Å². The summed E-state index contributed by atoms with van der Waals surface area (Å²) < 4.78 is 76.1. The number of hydrogen-bond acceptors (Lipinski definition) is 3. The minimum absolute atomic E-state index is 0.0221. The minimum atomic E-state index is -4.70. The number of aryl methyl sites for hydroxylation is 1. The lowest BCUT2D eigenvalue weighted by molar-refractivity contribution is -0.137. The van der Waals surface area contributed by atoms with Gasteiger partial charge in [-0.1, -0.05) is 48.5 Å². The van der Waals surface area contributed by atoms with Gasteiger partial charge in [-0.25, -0.2) is 8.78 Å². The van der Waals surface area contributed by atoms with Crippen LogP contribution in [0.5, 0.6) is 5.75 Å². The van der Waals surface area contributed by atoms with Crippen LogP contribution in [0.25, 0.3) is 0 Å². The van der Waals surface area contributed by atoms with Gasteiger partial charge in [-0.2, -0.15) is 13.2 Å². The van der Waals surface area contributed by atoms with Crippen LogP contribution in [-0.2, 0) is 22.9 Å². The van der Waals surface area contributed by atoms with E-state index in [0.29, 0.717) is 17.2 Å². The van der Waals surface area contributed by atoms with E-state index in [9.17, 15) is 27.2 Å². The first-order chi connectivity index (χ1) is 20.1. The maximum absolute atomic E-state index is 15.1. The van der Waals surface area contributed by atoms with E-state index < -0.39 is 46.3 Å². The molecular weight excluding hydrogens is 567 g/mol. The number of nitrogens with one attached hydrogen (secondary N) is 1. The van der Waals surface area contributed by atoms with E-state index in [1.807, 2.05) is 0 Å². The summed E-state index contributed by atoms with van der Waals surface area (Å²) in [5.41, 5.74) is 2.41. The van der Waals surface area contributed by atoms with Crippen LogP contribution in [0.4, 0.5) is 22.0 Å². The van der Waals surface area contributed by atoms with Crippen molar-refractivity contribution in [3.05, 3.63) is 136 Å². The fourth-order valence-corrected chi connectivity index (χ4v) is 4.72. The van der Waals surface area contributed by atoms with Crippen molar-refractivity contribution in [3.63, 3.8) is 0 Å². The third kappa shape index (κ3) is 7.02. The Bertz CT molecular complexity index is 1630. The molecule has 0 bridgehead atoms. The Morgan fingerprint density at radius 1 is 0.814 bits per heavy atom. The molecule has 0 spiro atoms. The number of primary amides is 1. The Balaban J connectivity index is 1.98. The maximum Gasteiger partial charge on any atom is 0.416 e. The quantitative estimate of drug-likeness (QED) is 0.208. The molecule has 4 aromatic carbocycles. The van der Waals surface area contributed by atoms with E-state index in [0.717, 1.165) is 18.2 Å². The van der Waals surface area contributed by atoms with Gasteiger partial charge in [0, 0.05) is 12.0 Å². The van der Waals surface area contributed by atoms with Gasteiger partial charge in [-0.15, -0.1) is 0 Å². The first-order valence-corrected chi connectivity index (χ1v) is 13.2. The summed E-state index contributed by atoms with van der Waals surface area (Å²) in [6.07, 6.45) is -4.72. The molecule has 0 fully saturated rings. The molecule has 10 heteroatoms. The Labute approximate surface area is 245 Å². The molecule has 0 radical (unpaired) electrons. The summed E-state index contributed by atoms with van der Waals surface area (Å²) in [4.78, 5) is 25.7. The molecule has 4 rings (SSSR count). The van der Waals surface area contributed by atoms with Crippen molar-refractivity contribution >= 4 is 11.8 Å². The molecule has 0 saturated carbocycles.